The number of rotatable bonds is 3. The molecule has 2 rings (SSSR count). The topological polar surface area (TPSA) is 12.0 Å². The monoisotopic (exact) mass is 221 g/mol. The average Bonchev–Trinajstić information content (AvgIpc) is 2.82. The van der Waals surface area contributed by atoms with Crippen LogP contribution in [0.3, 0.4) is 0 Å². The lowest BCUT2D eigenvalue weighted by Gasteiger charge is -2.19. The molecular weight excluding hydrogens is 201 g/mol. The van der Waals surface area contributed by atoms with E-state index >= 15 is 0 Å². The fraction of sp³-hybridized carbons (Fsp3) is 0.571. The predicted octanol–water partition coefficient (Wildman–Crippen LogP) is 3.44. The molecule has 88 valence electrons. The highest BCUT2D eigenvalue weighted by Gasteiger charge is 2.50. The summed E-state index contributed by atoms with van der Waals surface area (Å²) in [4.78, 5) is 0. The molecular formula is C14H20FN. The van der Waals surface area contributed by atoms with E-state index in [1.165, 1.54) is 6.42 Å². The average molecular weight is 221 g/mol. The van der Waals surface area contributed by atoms with E-state index in [4.69, 9.17) is 0 Å². The lowest BCUT2D eigenvalue weighted by atomic mass is 9.96. The van der Waals surface area contributed by atoms with Gasteiger partial charge >= 0.3 is 0 Å². The first-order chi connectivity index (χ1) is 7.45. The van der Waals surface area contributed by atoms with Crippen LogP contribution in [0.1, 0.15) is 37.4 Å². The molecule has 0 spiro atoms. The molecule has 1 fully saturated rings. The molecule has 16 heavy (non-hydrogen) atoms. The molecule has 1 aliphatic carbocycles. The maximum atomic E-state index is 13.5. The molecule has 0 amide bonds. The van der Waals surface area contributed by atoms with Gasteiger partial charge in [0.05, 0.1) is 0 Å². The number of halogens is 1. The van der Waals surface area contributed by atoms with Crippen LogP contribution < -0.4 is 5.32 Å². The van der Waals surface area contributed by atoms with Gasteiger partial charge in [0.15, 0.2) is 0 Å². The molecule has 0 bridgehead atoms. The summed E-state index contributed by atoms with van der Waals surface area (Å²) in [6.45, 7) is 6.34. The third-order valence-electron chi connectivity index (χ3n) is 3.86. The summed E-state index contributed by atoms with van der Waals surface area (Å²) >= 11 is 0. The first kappa shape index (κ1) is 11.6. The van der Waals surface area contributed by atoms with Crippen molar-refractivity contribution in [2.24, 2.45) is 11.3 Å². The summed E-state index contributed by atoms with van der Waals surface area (Å²) in [6.07, 6.45) is 1.22. The highest BCUT2D eigenvalue weighted by Crippen LogP contribution is 2.57. The van der Waals surface area contributed by atoms with Gasteiger partial charge in [0, 0.05) is 6.04 Å². The van der Waals surface area contributed by atoms with Crippen molar-refractivity contribution in [2.75, 3.05) is 7.05 Å². The SMILES string of the molecule is CNC(c1ccc(C)c(F)c1)C1CC1(C)C. The molecule has 2 heteroatoms. The summed E-state index contributed by atoms with van der Waals surface area (Å²) in [7, 11) is 1.96. The Kier molecular flexibility index (Phi) is 2.79. The molecule has 2 atom stereocenters. The minimum absolute atomic E-state index is 0.101. The van der Waals surface area contributed by atoms with Crippen molar-refractivity contribution >= 4 is 0 Å². The fourth-order valence-electron chi connectivity index (χ4n) is 2.48. The van der Waals surface area contributed by atoms with Gasteiger partial charge in [-0.3, -0.25) is 0 Å². The van der Waals surface area contributed by atoms with Crippen LogP contribution >= 0.6 is 0 Å². The van der Waals surface area contributed by atoms with Crippen LogP contribution in [0.4, 0.5) is 4.39 Å². The van der Waals surface area contributed by atoms with Crippen molar-refractivity contribution in [1.29, 1.82) is 0 Å². The van der Waals surface area contributed by atoms with Crippen LogP contribution in [0.15, 0.2) is 18.2 Å². The van der Waals surface area contributed by atoms with Gasteiger partial charge < -0.3 is 5.32 Å². The number of nitrogens with one attached hydrogen (secondary N) is 1. The Morgan fingerprint density at radius 3 is 2.50 bits per heavy atom. The third-order valence-corrected chi connectivity index (χ3v) is 3.86. The molecule has 1 N–H and O–H groups in total. The van der Waals surface area contributed by atoms with Crippen LogP contribution in [0.5, 0.6) is 0 Å². The van der Waals surface area contributed by atoms with E-state index in [0.717, 1.165) is 5.56 Å². The van der Waals surface area contributed by atoms with Crippen LogP contribution in [0, 0.1) is 24.1 Å². The molecule has 1 aromatic rings. The van der Waals surface area contributed by atoms with Crippen LogP contribution in [-0.2, 0) is 0 Å². The van der Waals surface area contributed by atoms with Crippen LogP contribution in [0.2, 0.25) is 0 Å². The quantitative estimate of drug-likeness (QED) is 0.824. The van der Waals surface area contributed by atoms with Crippen molar-refractivity contribution < 1.29 is 4.39 Å². The highest BCUT2D eigenvalue weighted by atomic mass is 19.1. The van der Waals surface area contributed by atoms with E-state index in [9.17, 15) is 4.39 Å². The van der Waals surface area contributed by atoms with Gasteiger partial charge in [-0.15, -0.1) is 0 Å². The van der Waals surface area contributed by atoms with Crippen molar-refractivity contribution in [1.82, 2.24) is 5.32 Å². The molecule has 0 heterocycles. The minimum atomic E-state index is -0.101. The Bertz CT molecular complexity index is 398. The van der Waals surface area contributed by atoms with Crippen LogP contribution in [-0.4, -0.2) is 7.05 Å². The third kappa shape index (κ3) is 1.99. The summed E-state index contributed by atoms with van der Waals surface area (Å²) in [5.41, 5.74) is 2.18. The normalized spacial score (nSPS) is 24.2. The fourth-order valence-corrected chi connectivity index (χ4v) is 2.48. The lowest BCUT2D eigenvalue weighted by Crippen LogP contribution is -2.20. The van der Waals surface area contributed by atoms with Gasteiger partial charge in [0.25, 0.3) is 0 Å². The van der Waals surface area contributed by atoms with Crippen molar-refractivity contribution in [3.63, 3.8) is 0 Å². The summed E-state index contributed by atoms with van der Waals surface area (Å²) in [5, 5.41) is 3.32. The molecule has 1 saturated carbocycles. The number of benzene rings is 1. The molecule has 0 saturated heterocycles. The second-order valence-electron chi connectivity index (χ2n) is 5.57. The Balaban J connectivity index is 2.24. The van der Waals surface area contributed by atoms with Gasteiger partial charge in [-0.2, -0.15) is 0 Å². The van der Waals surface area contributed by atoms with E-state index < -0.39 is 0 Å². The molecule has 0 aliphatic heterocycles. The maximum Gasteiger partial charge on any atom is 0.126 e. The molecule has 1 aromatic carbocycles. The number of aryl methyl sites for hydroxylation is 1. The zero-order chi connectivity index (χ0) is 11.9. The predicted molar refractivity (Wildman–Crippen MR) is 64.8 cm³/mol. The first-order valence-corrected chi connectivity index (χ1v) is 5.89. The minimum Gasteiger partial charge on any atom is -0.313 e. The Morgan fingerprint density at radius 2 is 2.06 bits per heavy atom. The van der Waals surface area contributed by atoms with Gasteiger partial charge in [0.2, 0.25) is 0 Å². The molecule has 0 aromatic heterocycles. The van der Waals surface area contributed by atoms with Crippen LogP contribution in [0.25, 0.3) is 0 Å². The van der Waals surface area contributed by atoms with Gasteiger partial charge in [-0.25, -0.2) is 4.39 Å². The summed E-state index contributed by atoms with van der Waals surface area (Å²) in [6, 6.07) is 5.86. The van der Waals surface area contributed by atoms with E-state index in [1.807, 2.05) is 19.2 Å². The smallest absolute Gasteiger partial charge is 0.126 e. The molecule has 1 aliphatic rings. The first-order valence-electron chi connectivity index (χ1n) is 5.89. The second-order valence-corrected chi connectivity index (χ2v) is 5.57. The zero-order valence-electron chi connectivity index (χ0n) is 10.5. The second kappa shape index (κ2) is 3.85. The molecule has 2 unspecified atom stereocenters. The Labute approximate surface area is 97.1 Å². The van der Waals surface area contributed by atoms with E-state index in [1.54, 1.807) is 13.0 Å². The highest BCUT2D eigenvalue weighted by molar-refractivity contribution is 5.28. The number of hydrogen-bond acceptors (Lipinski definition) is 1. The largest absolute Gasteiger partial charge is 0.313 e. The maximum absolute atomic E-state index is 13.5. The van der Waals surface area contributed by atoms with Gasteiger partial charge in [0.1, 0.15) is 5.82 Å². The summed E-state index contributed by atoms with van der Waals surface area (Å²) in [5.74, 6) is 0.524. The van der Waals surface area contributed by atoms with E-state index in [-0.39, 0.29) is 11.9 Å². The zero-order valence-corrected chi connectivity index (χ0v) is 10.5. The van der Waals surface area contributed by atoms with E-state index in [0.29, 0.717) is 16.9 Å². The van der Waals surface area contributed by atoms with Crippen molar-refractivity contribution in [3.8, 4) is 0 Å². The standard InChI is InChI=1S/C14H20FN/c1-9-5-6-10(7-12(9)15)13(16-4)11-8-14(11,2)3/h5-7,11,13,16H,8H2,1-4H3. The Morgan fingerprint density at radius 1 is 1.44 bits per heavy atom. The van der Waals surface area contributed by atoms with Crippen molar-refractivity contribution in [2.45, 2.75) is 33.2 Å². The number of hydrogen-bond donors (Lipinski definition) is 1. The van der Waals surface area contributed by atoms with Crippen molar-refractivity contribution in [3.05, 3.63) is 35.1 Å². The Hall–Kier alpha value is -0.890. The van der Waals surface area contributed by atoms with Gasteiger partial charge in [-0.05, 0) is 48.9 Å². The van der Waals surface area contributed by atoms with Gasteiger partial charge in [-0.1, -0.05) is 26.0 Å². The molecule has 1 nitrogen and oxygen atoms in total. The molecule has 0 radical (unpaired) electrons. The lowest BCUT2D eigenvalue weighted by molar-refractivity contribution is 0.439. The van der Waals surface area contributed by atoms with E-state index in [2.05, 4.69) is 19.2 Å². The summed E-state index contributed by atoms with van der Waals surface area (Å²) < 4.78 is 13.5.